The molecule has 1 aliphatic rings. The van der Waals surface area contributed by atoms with Gasteiger partial charge in [-0.2, -0.15) is 0 Å². The molecule has 1 fully saturated rings. The predicted molar refractivity (Wildman–Crippen MR) is 157 cm³/mol. The lowest BCUT2D eigenvalue weighted by atomic mass is 10.00. The summed E-state index contributed by atoms with van der Waals surface area (Å²) in [6, 6.07) is 32.8. The van der Waals surface area contributed by atoms with E-state index in [9.17, 15) is 19.2 Å². The van der Waals surface area contributed by atoms with E-state index in [-0.39, 0.29) is 35.6 Å². The van der Waals surface area contributed by atoms with Crippen molar-refractivity contribution in [3.63, 3.8) is 0 Å². The van der Waals surface area contributed by atoms with Gasteiger partial charge >= 0.3 is 23.9 Å². The van der Waals surface area contributed by atoms with Crippen molar-refractivity contribution in [3.8, 4) is 0 Å². The molecule has 0 spiro atoms. The molecule has 4 aromatic rings. The number of carbonyl (C=O) groups excluding carboxylic acids is 4. The van der Waals surface area contributed by atoms with Crippen molar-refractivity contribution in [2.75, 3.05) is 13.2 Å². The summed E-state index contributed by atoms with van der Waals surface area (Å²) in [4.78, 5) is 57.0. The normalized spacial score (nSPS) is 18.5. The summed E-state index contributed by atoms with van der Waals surface area (Å²) in [5.41, 5.74) is 0.961. The molecule has 0 saturated carbocycles. The van der Waals surface area contributed by atoms with Crippen LogP contribution < -0.4 is 0 Å². The average Bonchev–Trinajstić information content (AvgIpc) is 3.09. The van der Waals surface area contributed by atoms with Gasteiger partial charge in [-0.05, 0) is 48.5 Å². The van der Waals surface area contributed by atoms with Crippen LogP contribution in [0.1, 0.15) is 41.4 Å². The molecule has 222 valence electrons. The second kappa shape index (κ2) is 14.5. The fourth-order valence-corrected chi connectivity index (χ4v) is 4.31. The maximum absolute atomic E-state index is 13.2. The maximum Gasteiger partial charge on any atom is 0.365 e. The number of esters is 3. The van der Waals surface area contributed by atoms with Crippen molar-refractivity contribution in [1.29, 1.82) is 0 Å². The van der Waals surface area contributed by atoms with Gasteiger partial charge in [0, 0.05) is 0 Å². The van der Waals surface area contributed by atoms with E-state index in [4.69, 9.17) is 23.8 Å². The van der Waals surface area contributed by atoms with Gasteiger partial charge in [0.2, 0.25) is 0 Å². The molecule has 10 heteroatoms. The fraction of sp³-hybridized carbons (Fsp3) is 0.147. The highest BCUT2D eigenvalue weighted by Crippen LogP contribution is 2.24. The van der Waals surface area contributed by atoms with Gasteiger partial charge in [0.25, 0.3) is 0 Å². The lowest BCUT2D eigenvalue weighted by molar-refractivity contribution is -0.115. The Bertz CT molecular complexity index is 1610. The van der Waals surface area contributed by atoms with E-state index in [0.29, 0.717) is 5.56 Å². The first-order valence-corrected chi connectivity index (χ1v) is 13.7. The van der Waals surface area contributed by atoms with E-state index >= 15 is 0 Å². The molecule has 3 atom stereocenters. The average molecular weight is 594 g/mol. The molecule has 0 unspecified atom stereocenters. The Labute approximate surface area is 252 Å². The van der Waals surface area contributed by atoms with E-state index in [1.165, 1.54) is 0 Å². The van der Waals surface area contributed by atoms with Gasteiger partial charge in [-0.3, -0.25) is 0 Å². The molecule has 0 amide bonds. The summed E-state index contributed by atoms with van der Waals surface area (Å²) >= 11 is 0. The molecular formula is C34H27NO9. The van der Waals surface area contributed by atoms with Gasteiger partial charge < -0.3 is 23.8 Å². The summed E-state index contributed by atoms with van der Waals surface area (Å²) < 4.78 is 23.1. The Balaban J connectivity index is 1.45. The Hall–Kier alpha value is -5.61. The van der Waals surface area contributed by atoms with E-state index in [0.717, 1.165) is 0 Å². The lowest BCUT2D eigenvalue weighted by Gasteiger charge is -2.36. The van der Waals surface area contributed by atoms with Crippen molar-refractivity contribution < 1.29 is 43.0 Å². The first-order chi connectivity index (χ1) is 21.5. The summed E-state index contributed by atoms with van der Waals surface area (Å²) in [5.74, 6) is -2.89. The Kier molecular flexibility index (Phi) is 9.86. The monoisotopic (exact) mass is 593 g/mol. The highest BCUT2D eigenvalue weighted by molar-refractivity contribution is 5.97. The van der Waals surface area contributed by atoms with E-state index < -0.39 is 42.2 Å². The number of rotatable bonds is 9. The highest BCUT2D eigenvalue weighted by atomic mass is 16.7. The summed E-state index contributed by atoms with van der Waals surface area (Å²) in [7, 11) is 0. The van der Waals surface area contributed by atoms with Crippen molar-refractivity contribution in [2.24, 2.45) is 5.16 Å². The molecule has 0 radical (unpaired) electrons. The van der Waals surface area contributed by atoms with Crippen LogP contribution in [0.15, 0.2) is 126 Å². The standard InChI is InChI=1S/C34H27NO9/c36-31(23-13-5-1-6-14-23)41-22-28-30(43-33(38)25-17-9-3-10-18-25)29(42-32(37)24-15-7-2-8-16-24)27(21-40-28)35-44-34(39)26-19-11-4-12-20-26/h1-20,28-30H,21-22H2/t28-,29-,30-/m1/s1. The molecule has 1 heterocycles. The number of oxime groups is 1. The van der Waals surface area contributed by atoms with Gasteiger partial charge in [-0.1, -0.05) is 78.0 Å². The minimum Gasteiger partial charge on any atom is -0.459 e. The van der Waals surface area contributed by atoms with Crippen LogP contribution in [-0.2, 0) is 23.8 Å². The topological polar surface area (TPSA) is 127 Å². The highest BCUT2D eigenvalue weighted by Gasteiger charge is 2.45. The largest absolute Gasteiger partial charge is 0.459 e. The van der Waals surface area contributed by atoms with Crippen molar-refractivity contribution in [3.05, 3.63) is 144 Å². The lowest BCUT2D eigenvalue weighted by Crippen LogP contribution is -2.56. The third kappa shape index (κ3) is 7.61. The van der Waals surface area contributed by atoms with Gasteiger partial charge in [-0.25, -0.2) is 19.2 Å². The molecule has 0 aromatic heterocycles. The van der Waals surface area contributed by atoms with Crippen LogP contribution in [0.25, 0.3) is 0 Å². The minimum absolute atomic E-state index is 0.0324. The zero-order valence-corrected chi connectivity index (χ0v) is 23.3. The van der Waals surface area contributed by atoms with Gasteiger partial charge in [0.1, 0.15) is 18.4 Å². The van der Waals surface area contributed by atoms with E-state index in [1.54, 1.807) is 121 Å². The smallest absolute Gasteiger partial charge is 0.365 e. The van der Waals surface area contributed by atoms with Crippen LogP contribution in [0.3, 0.4) is 0 Å². The molecule has 0 aliphatic carbocycles. The predicted octanol–water partition coefficient (Wildman–Crippen LogP) is 4.91. The molecule has 0 N–H and O–H groups in total. The molecule has 1 saturated heterocycles. The molecule has 10 nitrogen and oxygen atoms in total. The number of carbonyl (C=O) groups is 4. The third-order valence-electron chi connectivity index (χ3n) is 6.58. The van der Waals surface area contributed by atoms with Crippen LogP contribution in [-0.4, -0.2) is 61.1 Å². The Morgan fingerprint density at radius 1 is 0.591 bits per heavy atom. The second-order valence-electron chi connectivity index (χ2n) is 9.57. The van der Waals surface area contributed by atoms with Crippen molar-refractivity contribution in [2.45, 2.75) is 18.3 Å². The Morgan fingerprint density at radius 3 is 1.52 bits per heavy atom. The SMILES string of the molecule is O=C(OC[C@H]1OCC(=NOC(=O)c2ccccc2)[C@@H](OC(=O)c2ccccc2)[C@@H]1OC(=O)c1ccccc1)c1ccccc1. The third-order valence-corrected chi connectivity index (χ3v) is 6.58. The van der Waals surface area contributed by atoms with Crippen LogP contribution in [0.2, 0.25) is 0 Å². The molecule has 5 rings (SSSR count). The quantitative estimate of drug-likeness (QED) is 0.115. The number of nitrogens with zero attached hydrogens (tertiary/aromatic N) is 1. The summed E-state index contributed by atoms with van der Waals surface area (Å²) in [5, 5.41) is 3.96. The fourth-order valence-electron chi connectivity index (χ4n) is 4.31. The van der Waals surface area contributed by atoms with Crippen molar-refractivity contribution >= 4 is 29.6 Å². The maximum atomic E-state index is 13.2. The molecular weight excluding hydrogens is 566 g/mol. The van der Waals surface area contributed by atoms with E-state index in [1.807, 2.05) is 0 Å². The van der Waals surface area contributed by atoms with Crippen molar-refractivity contribution in [1.82, 2.24) is 0 Å². The summed E-state index contributed by atoms with van der Waals surface area (Å²) in [6.07, 6.45) is -3.79. The van der Waals surface area contributed by atoms with Crippen LogP contribution in [0.4, 0.5) is 0 Å². The molecule has 0 bridgehead atoms. The summed E-state index contributed by atoms with van der Waals surface area (Å²) in [6.45, 7) is -0.640. The minimum atomic E-state index is -1.37. The van der Waals surface area contributed by atoms with E-state index in [2.05, 4.69) is 5.16 Å². The van der Waals surface area contributed by atoms with Gasteiger partial charge in [0.05, 0.1) is 28.9 Å². The second-order valence-corrected chi connectivity index (χ2v) is 9.57. The zero-order chi connectivity index (χ0) is 30.7. The molecule has 4 aromatic carbocycles. The van der Waals surface area contributed by atoms with Gasteiger partial charge in [-0.15, -0.1) is 0 Å². The number of benzene rings is 4. The van der Waals surface area contributed by atoms with Crippen LogP contribution in [0, 0.1) is 0 Å². The number of hydrogen-bond acceptors (Lipinski definition) is 10. The van der Waals surface area contributed by atoms with Crippen LogP contribution in [0.5, 0.6) is 0 Å². The Morgan fingerprint density at radius 2 is 1.02 bits per heavy atom. The first kappa shape index (κ1) is 29.9. The van der Waals surface area contributed by atoms with Crippen LogP contribution >= 0.6 is 0 Å². The first-order valence-electron chi connectivity index (χ1n) is 13.7. The molecule has 44 heavy (non-hydrogen) atoms. The molecule has 1 aliphatic heterocycles. The van der Waals surface area contributed by atoms with Gasteiger partial charge in [0.15, 0.2) is 12.2 Å². The number of ether oxygens (including phenoxy) is 4. The zero-order valence-electron chi connectivity index (χ0n) is 23.3. The number of hydrogen-bond donors (Lipinski definition) is 0.